The van der Waals surface area contributed by atoms with Crippen LogP contribution in [0.5, 0.6) is 11.5 Å². The van der Waals surface area contributed by atoms with Crippen LogP contribution < -0.4 is 19.1 Å². The second-order valence-electron chi connectivity index (χ2n) is 10.5. The highest BCUT2D eigenvalue weighted by Crippen LogP contribution is 2.33. The third kappa shape index (κ3) is 7.78. The molecule has 0 saturated heterocycles. The summed E-state index contributed by atoms with van der Waals surface area (Å²) in [6.45, 7) is 1.22. The van der Waals surface area contributed by atoms with E-state index in [1.54, 1.807) is 48.5 Å². The Morgan fingerprint density at radius 1 is 0.955 bits per heavy atom. The summed E-state index contributed by atoms with van der Waals surface area (Å²) < 4.78 is 40.0. The smallest absolute Gasteiger partial charge is 0.264 e. The monoisotopic (exact) mass is 661 g/mol. The molecular formula is C32H37Cl2N3O6S. The Bertz CT molecular complexity index is 1570. The number of nitrogens with zero attached hydrogens (tertiary/aromatic N) is 2. The van der Waals surface area contributed by atoms with Gasteiger partial charge in [-0.3, -0.25) is 13.9 Å². The van der Waals surface area contributed by atoms with E-state index in [9.17, 15) is 18.0 Å². The number of nitrogens with one attached hydrogen (secondary N) is 1. The molecular weight excluding hydrogens is 625 g/mol. The molecule has 0 bridgehead atoms. The van der Waals surface area contributed by atoms with Crippen molar-refractivity contribution in [2.45, 2.75) is 62.6 Å². The molecule has 9 nitrogen and oxygen atoms in total. The molecule has 0 heterocycles. The molecule has 1 aliphatic rings. The molecule has 0 aliphatic heterocycles. The first-order valence-corrected chi connectivity index (χ1v) is 16.6. The maximum Gasteiger partial charge on any atom is 0.264 e. The third-order valence-corrected chi connectivity index (χ3v) is 10.1. The molecule has 236 valence electrons. The fraction of sp³-hybridized carbons (Fsp3) is 0.375. The number of hydrogen-bond donors (Lipinski definition) is 1. The second kappa shape index (κ2) is 15.0. The molecule has 4 rings (SSSR count). The highest BCUT2D eigenvalue weighted by Gasteiger charge is 2.35. The van der Waals surface area contributed by atoms with Crippen molar-refractivity contribution in [1.29, 1.82) is 0 Å². The predicted octanol–water partition coefficient (Wildman–Crippen LogP) is 6.07. The van der Waals surface area contributed by atoms with E-state index in [-0.39, 0.29) is 34.8 Å². The number of amides is 2. The molecule has 12 heteroatoms. The highest BCUT2D eigenvalue weighted by molar-refractivity contribution is 7.92. The first-order valence-electron chi connectivity index (χ1n) is 14.4. The summed E-state index contributed by atoms with van der Waals surface area (Å²) in [6.07, 6.45) is 4.13. The number of carbonyl (C=O) groups excluding carboxylic acids is 2. The van der Waals surface area contributed by atoms with Gasteiger partial charge in [0.15, 0.2) is 11.5 Å². The minimum absolute atomic E-state index is 0.0233. The molecule has 1 unspecified atom stereocenters. The number of sulfonamides is 1. The fourth-order valence-corrected chi connectivity index (χ4v) is 7.25. The maximum absolute atomic E-state index is 14.3. The predicted molar refractivity (Wildman–Crippen MR) is 172 cm³/mol. The number of rotatable bonds is 13. The molecule has 3 aromatic carbocycles. The van der Waals surface area contributed by atoms with Crippen molar-refractivity contribution in [2.24, 2.45) is 0 Å². The normalized spacial score (nSPS) is 14.1. The molecule has 1 atom stereocenters. The minimum Gasteiger partial charge on any atom is -0.493 e. The van der Waals surface area contributed by atoms with Crippen molar-refractivity contribution in [3.63, 3.8) is 0 Å². The van der Waals surface area contributed by atoms with Gasteiger partial charge in [-0.2, -0.15) is 0 Å². The number of benzene rings is 3. The van der Waals surface area contributed by atoms with Crippen LogP contribution in [-0.4, -0.2) is 58.0 Å². The Balaban J connectivity index is 1.74. The van der Waals surface area contributed by atoms with Gasteiger partial charge in [-0.05, 0) is 61.2 Å². The van der Waals surface area contributed by atoms with Crippen LogP contribution in [0.1, 0.15) is 44.6 Å². The Morgan fingerprint density at radius 3 is 2.25 bits per heavy atom. The van der Waals surface area contributed by atoms with Gasteiger partial charge in [0.2, 0.25) is 11.8 Å². The summed E-state index contributed by atoms with van der Waals surface area (Å²) in [5.74, 6) is -0.274. The molecule has 1 fully saturated rings. The average molecular weight is 663 g/mol. The Hall–Kier alpha value is -3.47. The molecule has 1 saturated carbocycles. The number of carbonyl (C=O) groups is 2. The van der Waals surface area contributed by atoms with E-state index in [1.165, 1.54) is 37.3 Å². The summed E-state index contributed by atoms with van der Waals surface area (Å²) in [5.41, 5.74) is 0.856. The van der Waals surface area contributed by atoms with Gasteiger partial charge >= 0.3 is 0 Å². The lowest BCUT2D eigenvalue weighted by Crippen LogP contribution is -2.53. The lowest BCUT2D eigenvalue weighted by Gasteiger charge is -2.34. The van der Waals surface area contributed by atoms with E-state index in [1.807, 2.05) is 6.92 Å². The number of para-hydroxylation sites is 1. The summed E-state index contributed by atoms with van der Waals surface area (Å²) in [5, 5.41) is 3.86. The quantitative estimate of drug-likeness (QED) is 0.238. The van der Waals surface area contributed by atoms with Crippen molar-refractivity contribution in [3.8, 4) is 11.5 Å². The van der Waals surface area contributed by atoms with E-state index < -0.39 is 28.5 Å². The number of ether oxygens (including phenoxy) is 2. The lowest BCUT2D eigenvalue weighted by atomic mass is 10.1. The SMILES string of the molecule is CCC(C(=O)NC1CCCC1)N(Cc1ccc(Cl)cc1Cl)C(=O)CN(c1ccccc1)S(=O)(=O)c1ccc(OC)c(OC)c1. The topological polar surface area (TPSA) is 105 Å². The number of halogens is 2. The van der Waals surface area contributed by atoms with Crippen molar-refractivity contribution in [2.75, 3.05) is 25.1 Å². The van der Waals surface area contributed by atoms with Gasteiger partial charge < -0.3 is 19.7 Å². The van der Waals surface area contributed by atoms with Gasteiger partial charge in [0.05, 0.1) is 24.8 Å². The van der Waals surface area contributed by atoms with E-state index in [4.69, 9.17) is 32.7 Å². The maximum atomic E-state index is 14.3. The summed E-state index contributed by atoms with van der Waals surface area (Å²) in [7, 11) is -1.43. The Kier molecular flexibility index (Phi) is 11.4. The van der Waals surface area contributed by atoms with Gasteiger partial charge in [0.1, 0.15) is 12.6 Å². The second-order valence-corrected chi connectivity index (χ2v) is 13.2. The third-order valence-electron chi connectivity index (χ3n) is 7.71. The van der Waals surface area contributed by atoms with Crippen molar-refractivity contribution in [3.05, 3.63) is 82.3 Å². The van der Waals surface area contributed by atoms with Crippen molar-refractivity contribution < 1.29 is 27.5 Å². The average Bonchev–Trinajstić information content (AvgIpc) is 3.53. The van der Waals surface area contributed by atoms with Crippen LogP contribution in [0.3, 0.4) is 0 Å². The van der Waals surface area contributed by atoms with Gasteiger partial charge in [-0.25, -0.2) is 8.42 Å². The largest absolute Gasteiger partial charge is 0.493 e. The molecule has 0 aromatic heterocycles. The van der Waals surface area contributed by atoms with E-state index in [0.717, 1.165) is 30.0 Å². The Morgan fingerprint density at radius 2 is 1.64 bits per heavy atom. The van der Waals surface area contributed by atoms with Crippen LogP contribution in [0.2, 0.25) is 10.0 Å². The van der Waals surface area contributed by atoms with Gasteiger partial charge in [0.25, 0.3) is 10.0 Å². The lowest BCUT2D eigenvalue weighted by molar-refractivity contribution is -0.140. The van der Waals surface area contributed by atoms with E-state index in [2.05, 4.69) is 5.32 Å². The van der Waals surface area contributed by atoms with Crippen LogP contribution in [0.25, 0.3) is 0 Å². The number of anilines is 1. The van der Waals surface area contributed by atoms with Gasteiger partial charge in [-0.1, -0.05) is 67.2 Å². The van der Waals surface area contributed by atoms with Gasteiger partial charge in [-0.15, -0.1) is 0 Å². The summed E-state index contributed by atoms with van der Waals surface area (Å²) in [6, 6.07) is 16.7. The summed E-state index contributed by atoms with van der Waals surface area (Å²) >= 11 is 12.6. The zero-order valence-corrected chi connectivity index (χ0v) is 27.3. The molecule has 1 N–H and O–H groups in total. The van der Waals surface area contributed by atoms with Crippen LogP contribution >= 0.6 is 23.2 Å². The van der Waals surface area contributed by atoms with E-state index in [0.29, 0.717) is 27.8 Å². The highest BCUT2D eigenvalue weighted by atomic mass is 35.5. The first kappa shape index (κ1) is 33.4. The van der Waals surface area contributed by atoms with Crippen LogP contribution in [0, 0.1) is 0 Å². The van der Waals surface area contributed by atoms with Crippen LogP contribution in [-0.2, 0) is 26.2 Å². The molecule has 2 amide bonds. The zero-order chi connectivity index (χ0) is 31.9. The number of methoxy groups -OCH3 is 2. The fourth-order valence-electron chi connectivity index (χ4n) is 5.35. The van der Waals surface area contributed by atoms with Crippen molar-refractivity contribution >= 4 is 50.7 Å². The van der Waals surface area contributed by atoms with Crippen LogP contribution in [0.15, 0.2) is 71.6 Å². The van der Waals surface area contributed by atoms with Crippen LogP contribution in [0.4, 0.5) is 5.69 Å². The van der Waals surface area contributed by atoms with Gasteiger partial charge in [0, 0.05) is 28.7 Å². The summed E-state index contributed by atoms with van der Waals surface area (Å²) in [4.78, 5) is 29.2. The standard InChI is InChI=1S/C32H37Cl2N3O6S/c1-4-28(32(39)35-24-10-8-9-11-24)36(20-22-14-15-23(33)18-27(22)34)31(38)21-37(25-12-6-5-7-13-25)44(40,41)26-16-17-29(42-2)30(19-26)43-3/h5-7,12-19,24,28H,4,8-11,20-21H2,1-3H3,(H,35,39). The number of hydrogen-bond acceptors (Lipinski definition) is 6. The van der Waals surface area contributed by atoms with Crippen molar-refractivity contribution in [1.82, 2.24) is 10.2 Å². The molecule has 1 aliphatic carbocycles. The first-order chi connectivity index (χ1) is 21.1. The Labute approximate surface area is 269 Å². The molecule has 0 spiro atoms. The molecule has 44 heavy (non-hydrogen) atoms. The molecule has 0 radical (unpaired) electrons. The minimum atomic E-state index is -4.29. The zero-order valence-electron chi connectivity index (χ0n) is 25.0. The van der Waals surface area contributed by atoms with E-state index >= 15 is 0 Å². The molecule has 3 aromatic rings.